The summed E-state index contributed by atoms with van der Waals surface area (Å²) in [5, 5.41) is 3.14. The Labute approximate surface area is 93.5 Å². The maximum atomic E-state index is 5.59. The maximum Gasteiger partial charge on any atom is 0.149 e. The number of hydrogen-bond donors (Lipinski definition) is 3. The summed E-state index contributed by atoms with van der Waals surface area (Å²) in [6.45, 7) is 0.740. The fourth-order valence-electron chi connectivity index (χ4n) is 1.35. The Kier molecular flexibility index (Phi) is 2.95. The predicted molar refractivity (Wildman–Crippen MR) is 64.0 cm³/mol. The first kappa shape index (κ1) is 10.4. The van der Waals surface area contributed by atoms with Crippen LogP contribution in [0.2, 0.25) is 0 Å². The summed E-state index contributed by atoms with van der Waals surface area (Å²) in [6.07, 6.45) is 2.47. The highest BCUT2D eigenvalue weighted by Gasteiger charge is 1.99. The molecule has 5 N–H and O–H groups in total. The van der Waals surface area contributed by atoms with Gasteiger partial charge in [0.05, 0.1) is 12.0 Å². The van der Waals surface area contributed by atoms with Crippen molar-refractivity contribution in [2.75, 3.05) is 23.3 Å². The van der Waals surface area contributed by atoms with Gasteiger partial charge in [-0.3, -0.25) is 0 Å². The van der Waals surface area contributed by atoms with E-state index in [4.69, 9.17) is 15.9 Å². The fraction of sp³-hybridized carbons (Fsp3) is 0.182. The summed E-state index contributed by atoms with van der Waals surface area (Å²) < 4.78 is 5.21. The number of aromatic nitrogens is 1. The lowest BCUT2D eigenvalue weighted by Crippen LogP contribution is -2.07. The fourth-order valence-corrected chi connectivity index (χ4v) is 1.35. The molecular weight excluding hydrogens is 204 g/mol. The molecule has 2 aromatic rings. The molecule has 0 aliphatic rings. The van der Waals surface area contributed by atoms with Crippen LogP contribution in [0.3, 0.4) is 0 Å². The second kappa shape index (κ2) is 4.57. The van der Waals surface area contributed by atoms with E-state index in [1.807, 2.05) is 12.1 Å². The third kappa shape index (κ3) is 2.44. The van der Waals surface area contributed by atoms with Gasteiger partial charge in [-0.25, -0.2) is 4.98 Å². The van der Waals surface area contributed by atoms with Crippen LogP contribution >= 0.6 is 0 Å². The lowest BCUT2D eigenvalue weighted by Gasteiger charge is -2.06. The molecule has 0 bridgehead atoms. The molecule has 2 heterocycles. The highest BCUT2D eigenvalue weighted by molar-refractivity contribution is 5.61. The Morgan fingerprint density at radius 1 is 1.25 bits per heavy atom. The SMILES string of the molecule is Nc1ccc(NCCc2ccco2)nc1N. The summed E-state index contributed by atoms with van der Waals surface area (Å²) >= 11 is 0. The average molecular weight is 218 g/mol. The first-order valence-electron chi connectivity index (χ1n) is 5.04. The molecule has 5 heteroatoms. The van der Waals surface area contributed by atoms with Crippen molar-refractivity contribution in [3.8, 4) is 0 Å². The zero-order valence-corrected chi connectivity index (χ0v) is 8.81. The zero-order valence-electron chi connectivity index (χ0n) is 8.81. The molecule has 0 unspecified atom stereocenters. The van der Waals surface area contributed by atoms with Crippen molar-refractivity contribution in [2.45, 2.75) is 6.42 Å². The Hall–Kier alpha value is -2.17. The van der Waals surface area contributed by atoms with Gasteiger partial charge in [-0.2, -0.15) is 0 Å². The Bertz CT molecular complexity index is 453. The number of rotatable bonds is 4. The normalized spacial score (nSPS) is 10.2. The molecule has 0 saturated heterocycles. The number of nitrogens with one attached hydrogen (secondary N) is 1. The minimum Gasteiger partial charge on any atom is -0.469 e. The highest BCUT2D eigenvalue weighted by Crippen LogP contribution is 2.14. The number of hydrogen-bond acceptors (Lipinski definition) is 5. The van der Waals surface area contributed by atoms with Crippen molar-refractivity contribution in [3.63, 3.8) is 0 Å². The van der Waals surface area contributed by atoms with Crippen LogP contribution in [0.4, 0.5) is 17.3 Å². The molecule has 0 saturated carbocycles. The molecule has 0 aromatic carbocycles. The van der Waals surface area contributed by atoms with Gasteiger partial charge in [-0.1, -0.05) is 0 Å². The molecule has 0 aliphatic carbocycles. The molecule has 0 radical (unpaired) electrons. The highest BCUT2D eigenvalue weighted by atomic mass is 16.3. The minimum absolute atomic E-state index is 0.350. The monoisotopic (exact) mass is 218 g/mol. The van der Waals surface area contributed by atoms with Crippen LogP contribution in [0.5, 0.6) is 0 Å². The number of nitrogens with two attached hydrogens (primary N) is 2. The van der Waals surface area contributed by atoms with E-state index in [0.29, 0.717) is 11.5 Å². The summed E-state index contributed by atoms with van der Waals surface area (Å²) in [5.41, 5.74) is 11.7. The van der Waals surface area contributed by atoms with Gasteiger partial charge in [0, 0.05) is 13.0 Å². The van der Waals surface area contributed by atoms with Crippen molar-refractivity contribution in [2.24, 2.45) is 0 Å². The van der Waals surface area contributed by atoms with Crippen LogP contribution in [-0.4, -0.2) is 11.5 Å². The molecule has 0 atom stereocenters. The van der Waals surface area contributed by atoms with Gasteiger partial charge in [0.2, 0.25) is 0 Å². The number of anilines is 3. The maximum absolute atomic E-state index is 5.59. The molecular formula is C11H14N4O. The number of furan rings is 1. The quantitative estimate of drug-likeness (QED) is 0.723. The Morgan fingerprint density at radius 3 is 2.81 bits per heavy atom. The molecule has 5 nitrogen and oxygen atoms in total. The van der Waals surface area contributed by atoms with Crippen molar-refractivity contribution in [1.29, 1.82) is 0 Å². The second-order valence-electron chi connectivity index (χ2n) is 3.43. The smallest absolute Gasteiger partial charge is 0.149 e. The van der Waals surface area contributed by atoms with E-state index >= 15 is 0 Å². The van der Waals surface area contributed by atoms with Gasteiger partial charge in [0.15, 0.2) is 0 Å². The summed E-state index contributed by atoms with van der Waals surface area (Å²) in [4.78, 5) is 4.10. The Morgan fingerprint density at radius 2 is 2.12 bits per heavy atom. The van der Waals surface area contributed by atoms with E-state index in [9.17, 15) is 0 Å². The molecule has 2 aromatic heterocycles. The van der Waals surface area contributed by atoms with Gasteiger partial charge < -0.3 is 21.2 Å². The molecule has 2 rings (SSSR count). The van der Waals surface area contributed by atoms with Gasteiger partial charge in [-0.15, -0.1) is 0 Å². The van der Waals surface area contributed by atoms with Gasteiger partial charge in [0.1, 0.15) is 17.4 Å². The topological polar surface area (TPSA) is 90.1 Å². The van der Waals surface area contributed by atoms with Crippen molar-refractivity contribution < 1.29 is 4.42 Å². The van der Waals surface area contributed by atoms with Crippen molar-refractivity contribution >= 4 is 17.3 Å². The van der Waals surface area contributed by atoms with Crippen LogP contribution in [-0.2, 0) is 6.42 Å². The van der Waals surface area contributed by atoms with Crippen LogP contribution in [0.15, 0.2) is 34.9 Å². The van der Waals surface area contributed by atoms with E-state index < -0.39 is 0 Å². The third-order valence-electron chi connectivity index (χ3n) is 2.22. The lowest BCUT2D eigenvalue weighted by atomic mass is 10.3. The van der Waals surface area contributed by atoms with E-state index in [1.165, 1.54) is 0 Å². The van der Waals surface area contributed by atoms with E-state index in [0.717, 1.165) is 24.5 Å². The average Bonchev–Trinajstić information content (AvgIpc) is 2.76. The third-order valence-corrected chi connectivity index (χ3v) is 2.22. The summed E-state index contributed by atoms with van der Waals surface area (Å²) in [6, 6.07) is 7.34. The van der Waals surface area contributed by atoms with Crippen molar-refractivity contribution in [3.05, 3.63) is 36.3 Å². The minimum atomic E-state index is 0.350. The van der Waals surface area contributed by atoms with Gasteiger partial charge >= 0.3 is 0 Å². The lowest BCUT2D eigenvalue weighted by molar-refractivity contribution is 0.513. The van der Waals surface area contributed by atoms with Crippen molar-refractivity contribution in [1.82, 2.24) is 4.98 Å². The standard InChI is InChI=1S/C11H14N4O/c12-9-3-4-10(15-11(9)13)14-6-5-8-2-1-7-16-8/h1-4,7H,5-6,12H2,(H3,13,14,15). The number of nitrogen functional groups attached to an aromatic ring is 2. The van der Waals surface area contributed by atoms with Gasteiger partial charge in [-0.05, 0) is 24.3 Å². The molecule has 16 heavy (non-hydrogen) atoms. The molecule has 0 spiro atoms. The first-order chi connectivity index (χ1) is 7.75. The summed E-state index contributed by atoms with van der Waals surface area (Å²) in [5.74, 6) is 2.01. The second-order valence-corrected chi connectivity index (χ2v) is 3.43. The number of pyridine rings is 1. The molecule has 0 amide bonds. The van der Waals surface area contributed by atoms with E-state index in [-0.39, 0.29) is 0 Å². The zero-order chi connectivity index (χ0) is 11.4. The number of nitrogens with zero attached hydrogens (tertiary/aromatic N) is 1. The molecule has 84 valence electrons. The van der Waals surface area contributed by atoms with Crippen LogP contribution in [0, 0.1) is 0 Å². The van der Waals surface area contributed by atoms with Crippen LogP contribution < -0.4 is 16.8 Å². The largest absolute Gasteiger partial charge is 0.469 e. The van der Waals surface area contributed by atoms with E-state index in [1.54, 1.807) is 18.4 Å². The first-order valence-corrected chi connectivity index (χ1v) is 5.04. The van der Waals surface area contributed by atoms with E-state index in [2.05, 4.69) is 10.3 Å². The Balaban J connectivity index is 1.87. The predicted octanol–water partition coefficient (Wildman–Crippen LogP) is 1.49. The van der Waals surface area contributed by atoms with Crippen LogP contribution in [0.1, 0.15) is 5.76 Å². The molecule has 0 fully saturated rings. The molecule has 0 aliphatic heterocycles. The van der Waals surface area contributed by atoms with Crippen LogP contribution in [0.25, 0.3) is 0 Å². The summed E-state index contributed by atoms with van der Waals surface area (Å²) in [7, 11) is 0. The van der Waals surface area contributed by atoms with Gasteiger partial charge in [0.25, 0.3) is 0 Å².